The summed E-state index contributed by atoms with van der Waals surface area (Å²) in [6.45, 7) is 12.2. The highest BCUT2D eigenvalue weighted by Gasteiger charge is 2.22. The molecule has 0 aliphatic carbocycles. The molecule has 0 amide bonds. The molecule has 0 heterocycles. The highest BCUT2D eigenvalue weighted by molar-refractivity contribution is 6.83. The molecule has 3 heteroatoms. The molecule has 0 rings (SSSR count). The van der Waals surface area contributed by atoms with Gasteiger partial charge in [-0.2, -0.15) is 0 Å². The molecular formula is C7H16O2Si. The second-order valence-electron chi connectivity index (χ2n) is 3.52. The smallest absolute Gasteiger partial charge is 0.107 e. The molecule has 1 unspecified atom stereocenters. The summed E-state index contributed by atoms with van der Waals surface area (Å²) in [6.07, 6.45) is -0.216. The highest BCUT2D eigenvalue weighted by Crippen LogP contribution is 2.17. The van der Waals surface area contributed by atoms with Crippen molar-refractivity contribution in [1.82, 2.24) is 0 Å². The van der Waals surface area contributed by atoms with E-state index < -0.39 is 8.07 Å². The van der Waals surface area contributed by atoms with Gasteiger partial charge in [0.15, 0.2) is 0 Å². The molecule has 0 aromatic rings. The third kappa shape index (κ3) is 2.64. The maximum absolute atomic E-state index is 8.33. The van der Waals surface area contributed by atoms with Crippen LogP contribution in [0.25, 0.3) is 0 Å². The van der Waals surface area contributed by atoms with Gasteiger partial charge >= 0.3 is 0 Å². The average molecular weight is 160 g/mol. The molecule has 0 bridgehead atoms. The molecule has 0 saturated carbocycles. The van der Waals surface area contributed by atoms with Crippen LogP contribution in [0.3, 0.4) is 0 Å². The summed E-state index contributed by atoms with van der Waals surface area (Å²) in [5, 5.41) is 9.37. The second-order valence-corrected chi connectivity index (χ2v) is 8.67. The molecule has 2 nitrogen and oxygen atoms in total. The van der Waals surface area contributed by atoms with Crippen molar-refractivity contribution in [2.75, 3.05) is 0 Å². The van der Waals surface area contributed by atoms with Gasteiger partial charge in [-0.25, -0.2) is 4.89 Å². The number of rotatable bonds is 3. The van der Waals surface area contributed by atoms with E-state index in [4.69, 9.17) is 5.26 Å². The molecule has 60 valence electrons. The fourth-order valence-electron chi connectivity index (χ4n) is 0.673. The number of hydrogen-bond donors (Lipinski definition) is 1. The normalized spacial score (nSPS) is 14.9. The van der Waals surface area contributed by atoms with E-state index in [2.05, 4.69) is 31.1 Å². The van der Waals surface area contributed by atoms with Crippen molar-refractivity contribution in [3.05, 3.63) is 11.8 Å². The van der Waals surface area contributed by atoms with Crippen LogP contribution in [0.4, 0.5) is 0 Å². The molecule has 0 aliphatic rings. The molecule has 0 aromatic carbocycles. The summed E-state index contributed by atoms with van der Waals surface area (Å²) < 4.78 is 0. The monoisotopic (exact) mass is 160 g/mol. The summed E-state index contributed by atoms with van der Waals surface area (Å²) in [5.74, 6) is 0. The van der Waals surface area contributed by atoms with Crippen LogP contribution >= 0.6 is 0 Å². The average Bonchev–Trinajstić information content (AvgIpc) is 1.83. The molecule has 0 aliphatic heterocycles. The third-order valence-corrected chi connectivity index (χ3v) is 3.95. The van der Waals surface area contributed by atoms with E-state index in [-0.39, 0.29) is 6.10 Å². The first-order valence-corrected chi connectivity index (χ1v) is 6.89. The van der Waals surface area contributed by atoms with Gasteiger partial charge < -0.3 is 0 Å². The van der Waals surface area contributed by atoms with Crippen molar-refractivity contribution < 1.29 is 10.1 Å². The predicted octanol–water partition coefficient (Wildman–Crippen LogP) is 2.30. The lowest BCUT2D eigenvalue weighted by atomic mass is 10.4. The van der Waals surface area contributed by atoms with Gasteiger partial charge in [0.1, 0.15) is 6.10 Å². The van der Waals surface area contributed by atoms with Crippen LogP contribution in [0.5, 0.6) is 0 Å². The van der Waals surface area contributed by atoms with Gasteiger partial charge in [-0.3, -0.25) is 5.26 Å². The highest BCUT2D eigenvalue weighted by atomic mass is 28.3. The van der Waals surface area contributed by atoms with E-state index >= 15 is 0 Å². The van der Waals surface area contributed by atoms with Crippen LogP contribution in [-0.2, 0) is 4.89 Å². The topological polar surface area (TPSA) is 29.5 Å². The molecule has 0 radical (unpaired) electrons. The Morgan fingerprint density at radius 2 is 1.90 bits per heavy atom. The zero-order valence-electron chi connectivity index (χ0n) is 7.14. The van der Waals surface area contributed by atoms with E-state index in [0.29, 0.717) is 0 Å². The standard InChI is InChI=1S/C7H16O2Si/c1-6(9-8)7(2)10(3,4)5/h6,8H,2H2,1,3-5H3. The van der Waals surface area contributed by atoms with Gasteiger partial charge in [0.05, 0.1) is 8.07 Å². The van der Waals surface area contributed by atoms with Crippen molar-refractivity contribution in [3.8, 4) is 0 Å². The Hall–Kier alpha value is -0.123. The molecule has 0 spiro atoms. The summed E-state index contributed by atoms with van der Waals surface area (Å²) in [5.41, 5.74) is 0. The fraction of sp³-hybridized carbons (Fsp3) is 0.714. The summed E-state index contributed by atoms with van der Waals surface area (Å²) in [4.78, 5) is 4.17. The van der Waals surface area contributed by atoms with Crippen molar-refractivity contribution >= 4 is 8.07 Å². The van der Waals surface area contributed by atoms with E-state index in [0.717, 1.165) is 5.20 Å². The minimum atomic E-state index is -1.32. The van der Waals surface area contributed by atoms with Crippen LogP contribution < -0.4 is 0 Å². The summed E-state index contributed by atoms with van der Waals surface area (Å²) in [7, 11) is -1.32. The largest absolute Gasteiger partial charge is 0.251 e. The Bertz CT molecular complexity index is 126. The fourth-order valence-corrected chi connectivity index (χ4v) is 1.95. The lowest BCUT2D eigenvalue weighted by Gasteiger charge is -2.22. The van der Waals surface area contributed by atoms with Crippen LogP contribution in [0.2, 0.25) is 19.6 Å². The molecule has 0 aromatic heterocycles. The van der Waals surface area contributed by atoms with Crippen molar-refractivity contribution in [2.45, 2.75) is 32.7 Å². The second kappa shape index (κ2) is 3.32. The molecule has 1 N–H and O–H groups in total. The zero-order chi connectivity index (χ0) is 8.36. The third-order valence-electron chi connectivity index (χ3n) is 1.61. The minimum Gasteiger partial charge on any atom is -0.251 e. The van der Waals surface area contributed by atoms with E-state index in [1.54, 1.807) is 6.92 Å². The Labute approximate surface area is 63.5 Å². The van der Waals surface area contributed by atoms with E-state index in [1.807, 2.05) is 0 Å². The number of hydrogen-bond acceptors (Lipinski definition) is 2. The van der Waals surface area contributed by atoms with E-state index in [1.165, 1.54) is 0 Å². The van der Waals surface area contributed by atoms with Crippen molar-refractivity contribution in [2.24, 2.45) is 0 Å². The molecular weight excluding hydrogens is 144 g/mol. The zero-order valence-corrected chi connectivity index (χ0v) is 8.14. The minimum absolute atomic E-state index is 0.216. The Kier molecular flexibility index (Phi) is 3.28. The van der Waals surface area contributed by atoms with Crippen LogP contribution in [-0.4, -0.2) is 19.4 Å². The van der Waals surface area contributed by atoms with Gasteiger partial charge in [-0.15, -0.1) is 6.58 Å². The van der Waals surface area contributed by atoms with Crippen molar-refractivity contribution in [1.29, 1.82) is 0 Å². The Morgan fingerprint density at radius 1 is 1.50 bits per heavy atom. The molecule has 0 fully saturated rings. The predicted molar refractivity (Wildman–Crippen MR) is 45.7 cm³/mol. The quantitative estimate of drug-likeness (QED) is 0.390. The maximum atomic E-state index is 8.33. The van der Waals surface area contributed by atoms with Gasteiger partial charge in [-0.05, 0) is 6.92 Å². The molecule has 10 heavy (non-hydrogen) atoms. The first-order chi connectivity index (χ1) is 4.39. The Balaban J connectivity index is 4.09. The SMILES string of the molecule is C=C(C(C)OO)[Si](C)(C)C. The molecule has 1 atom stereocenters. The first kappa shape index (κ1) is 9.88. The lowest BCUT2D eigenvalue weighted by molar-refractivity contribution is -0.262. The summed E-state index contributed by atoms with van der Waals surface area (Å²) >= 11 is 0. The van der Waals surface area contributed by atoms with Gasteiger partial charge in [0.25, 0.3) is 0 Å². The van der Waals surface area contributed by atoms with Crippen molar-refractivity contribution in [3.63, 3.8) is 0 Å². The van der Waals surface area contributed by atoms with Gasteiger partial charge in [-0.1, -0.05) is 24.8 Å². The van der Waals surface area contributed by atoms with Crippen LogP contribution in [0.15, 0.2) is 11.8 Å². The maximum Gasteiger partial charge on any atom is 0.107 e. The lowest BCUT2D eigenvalue weighted by Crippen LogP contribution is -2.30. The Morgan fingerprint density at radius 3 is 2.00 bits per heavy atom. The molecule has 0 saturated heterocycles. The van der Waals surface area contributed by atoms with Gasteiger partial charge in [0.2, 0.25) is 0 Å². The van der Waals surface area contributed by atoms with Crippen LogP contribution in [0.1, 0.15) is 6.92 Å². The van der Waals surface area contributed by atoms with Gasteiger partial charge in [0, 0.05) is 0 Å². The van der Waals surface area contributed by atoms with Crippen LogP contribution in [0, 0.1) is 0 Å². The summed E-state index contributed by atoms with van der Waals surface area (Å²) in [6, 6.07) is 0. The first-order valence-electron chi connectivity index (χ1n) is 3.39. The van der Waals surface area contributed by atoms with E-state index in [9.17, 15) is 0 Å².